The molecule has 1 N–H and O–H groups in total. The van der Waals surface area contributed by atoms with Gasteiger partial charge in [0.05, 0.1) is 0 Å². The summed E-state index contributed by atoms with van der Waals surface area (Å²) in [6, 6.07) is 5.57. The van der Waals surface area contributed by atoms with E-state index in [0.29, 0.717) is 13.1 Å². The maximum absolute atomic E-state index is 13.2. The predicted octanol–water partition coefficient (Wildman–Crippen LogP) is 2.74. The molecular formula is C22H29N3O3. The van der Waals surface area contributed by atoms with Gasteiger partial charge in [-0.05, 0) is 55.7 Å². The highest BCUT2D eigenvalue weighted by Crippen LogP contribution is 2.32. The fourth-order valence-corrected chi connectivity index (χ4v) is 4.65. The quantitative estimate of drug-likeness (QED) is 0.816. The van der Waals surface area contributed by atoms with Crippen molar-refractivity contribution in [2.24, 2.45) is 0 Å². The number of aryl methyl sites for hydroxylation is 2. The minimum absolute atomic E-state index is 0.136. The van der Waals surface area contributed by atoms with Gasteiger partial charge in [-0.25, -0.2) is 4.79 Å². The van der Waals surface area contributed by atoms with Crippen molar-refractivity contribution in [2.75, 3.05) is 19.6 Å². The fraction of sp³-hybridized carbons (Fsp3) is 0.591. The molecule has 2 fully saturated rings. The Labute approximate surface area is 166 Å². The van der Waals surface area contributed by atoms with E-state index >= 15 is 0 Å². The van der Waals surface area contributed by atoms with Crippen LogP contribution in [0.1, 0.15) is 62.1 Å². The van der Waals surface area contributed by atoms with E-state index in [4.69, 9.17) is 0 Å². The van der Waals surface area contributed by atoms with Gasteiger partial charge in [0.2, 0.25) is 5.91 Å². The molecular weight excluding hydrogens is 354 g/mol. The van der Waals surface area contributed by atoms with Crippen LogP contribution in [0.15, 0.2) is 18.2 Å². The van der Waals surface area contributed by atoms with E-state index in [1.807, 2.05) is 17.0 Å². The van der Waals surface area contributed by atoms with E-state index in [-0.39, 0.29) is 18.4 Å². The number of nitrogens with zero attached hydrogens (tertiary/aromatic N) is 2. The maximum Gasteiger partial charge on any atom is 0.325 e. The van der Waals surface area contributed by atoms with Crippen LogP contribution in [-0.4, -0.2) is 47.3 Å². The summed E-state index contributed by atoms with van der Waals surface area (Å²) in [5.74, 6) is -0.473. The number of likely N-dealkylation sites (tertiary alicyclic amines) is 1. The minimum atomic E-state index is -1.11. The van der Waals surface area contributed by atoms with Gasteiger partial charge in [-0.15, -0.1) is 0 Å². The van der Waals surface area contributed by atoms with Crippen molar-refractivity contribution < 1.29 is 14.4 Å². The molecule has 0 spiro atoms. The standard InChI is InChI=1S/C22H29N3O3/c1-22(18-11-10-16-8-7-9-17(16)14-18)20(27)25(21(28)23-22)15-19(26)24-12-5-3-2-4-6-13-24/h10-11,14H,2-9,12-13,15H2,1H3,(H,23,28). The Morgan fingerprint density at radius 2 is 1.68 bits per heavy atom. The molecule has 150 valence electrons. The SMILES string of the molecule is CC1(c2ccc3c(c2)CCC3)NC(=O)N(CC(=O)N2CCCCCCC2)C1=O. The third-order valence-electron chi connectivity index (χ3n) is 6.45. The molecule has 6 heteroatoms. The number of imide groups is 1. The van der Waals surface area contributed by atoms with E-state index in [2.05, 4.69) is 11.4 Å². The lowest BCUT2D eigenvalue weighted by atomic mass is 9.89. The van der Waals surface area contributed by atoms with Crippen molar-refractivity contribution in [3.8, 4) is 0 Å². The van der Waals surface area contributed by atoms with Gasteiger partial charge < -0.3 is 10.2 Å². The molecule has 1 aromatic rings. The van der Waals surface area contributed by atoms with Gasteiger partial charge in [0, 0.05) is 13.1 Å². The highest BCUT2D eigenvalue weighted by Gasteiger charge is 2.49. The number of rotatable bonds is 3. The van der Waals surface area contributed by atoms with E-state index in [1.165, 1.54) is 17.5 Å². The van der Waals surface area contributed by atoms with Gasteiger partial charge in [-0.3, -0.25) is 14.5 Å². The second-order valence-electron chi connectivity index (χ2n) is 8.43. The van der Waals surface area contributed by atoms with Crippen LogP contribution in [0.25, 0.3) is 0 Å². The van der Waals surface area contributed by atoms with Gasteiger partial charge in [-0.2, -0.15) is 0 Å². The number of hydrogen-bond acceptors (Lipinski definition) is 3. The zero-order valence-corrected chi connectivity index (χ0v) is 16.6. The first kappa shape index (κ1) is 19.0. The summed E-state index contributed by atoms with van der Waals surface area (Å²) in [6.07, 6.45) is 8.66. The number of fused-ring (bicyclic) bond motifs is 1. The first-order valence-electron chi connectivity index (χ1n) is 10.5. The third kappa shape index (κ3) is 3.40. The van der Waals surface area contributed by atoms with Crippen LogP contribution < -0.4 is 5.32 Å². The second-order valence-corrected chi connectivity index (χ2v) is 8.43. The lowest BCUT2D eigenvalue weighted by molar-refractivity contribution is -0.139. The Morgan fingerprint density at radius 1 is 1.00 bits per heavy atom. The van der Waals surface area contributed by atoms with Crippen LogP contribution in [0.2, 0.25) is 0 Å². The van der Waals surface area contributed by atoms with Gasteiger partial charge >= 0.3 is 6.03 Å². The third-order valence-corrected chi connectivity index (χ3v) is 6.45. The Bertz CT molecular complexity index is 798. The average molecular weight is 383 g/mol. The van der Waals surface area contributed by atoms with Crippen LogP contribution in [0.5, 0.6) is 0 Å². The average Bonchev–Trinajstić information content (AvgIpc) is 3.20. The molecule has 1 unspecified atom stereocenters. The Kier molecular flexibility index (Phi) is 5.13. The molecule has 2 saturated heterocycles. The molecule has 0 radical (unpaired) electrons. The Hall–Kier alpha value is -2.37. The van der Waals surface area contributed by atoms with Crippen LogP contribution in [-0.2, 0) is 28.0 Å². The number of amides is 4. The Morgan fingerprint density at radius 3 is 2.43 bits per heavy atom. The summed E-state index contributed by atoms with van der Waals surface area (Å²) in [7, 11) is 0. The van der Waals surface area contributed by atoms with Crippen LogP contribution in [0, 0.1) is 0 Å². The lowest BCUT2D eigenvalue weighted by Crippen LogP contribution is -2.45. The molecule has 2 aliphatic heterocycles. The highest BCUT2D eigenvalue weighted by molar-refractivity contribution is 6.09. The largest absolute Gasteiger partial charge is 0.341 e. The summed E-state index contributed by atoms with van der Waals surface area (Å²) in [5, 5.41) is 2.83. The molecule has 0 aromatic heterocycles. The number of carbonyl (C=O) groups is 3. The summed E-state index contributed by atoms with van der Waals surface area (Å²) < 4.78 is 0. The second kappa shape index (κ2) is 7.57. The van der Waals surface area contributed by atoms with Crippen molar-refractivity contribution in [1.29, 1.82) is 0 Å². The molecule has 6 nitrogen and oxygen atoms in total. The normalized spacial score (nSPS) is 25.3. The maximum atomic E-state index is 13.2. The molecule has 3 aliphatic rings. The van der Waals surface area contributed by atoms with E-state index in [1.54, 1.807) is 6.92 Å². The van der Waals surface area contributed by atoms with Crippen LogP contribution in [0.3, 0.4) is 0 Å². The lowest BCUT2D eigenvalue weighted by Gasteiger charge is -2.27. The Balaban J connectivity index is 1.49. The first-order chi connectivity index (χ1) is 13.5. The number of carbonyl (C=O) groups excluding carboxylic acids is 3. The van der Waals surface area contributed by atoms with Crippen molar-refractivity contribution in [3.05, 3.63) is 34.9 Å². The molecule has 1 aliphatic carbocycles. The molecule has 28 heavy (non-hydrogen) atoms. The first-order valence-corrected chi connectivity index (χ1v) is 10.5. The van der Waals surface area contributed by atoms with E-state index in [0.717, 1.165) is 55.4 Å². The zero-order chi connectivity index (χ0) is 19.7. The van der Waals surface area contributed by atoms with Gasteiger partial charge in [-0.1, -0.05) is 37.5 Å². The van der Waals surface area contributed by atoms with Crippen LogP contribution in [0.4, 0.5) is 4.79 Å². The van der Waals surface area contributed by atoms with Crippen molar-refractivity contribution >= 4 is 17.8 Å². The summed E-state index contributed by atoms with van der Waals surface area (Å²) in [6.45, 7) is 2.99. The molecule has 0 bridgehead atoms. The predicted molar refractivity (Wildman–Crippen MR) is 106 cm³/mol. The summed E-state index contributed by atoms with van der Waals surface area (Å²) >= 11 is 0. The van der Waals surface area contributed by atoms with Crippen molar-refractivity contribution in [2.45, 2.75) is 63.8 Å². The minimum Gasteiger partial charge on any atom is -0.341 e. The summed E-state index contributed by atoms with van der Waals surface area (Å²) in [5.41, 5.74) is 2.28. The van der Waals surface area contributed by atoms with Crippen molar-refractivity contribution in [1.82, 2.24) is 15.1 Å². The van der Waals surface area contributed by atoms with E-state index in [9.17, 15) is 14.4 Å². The number of urea groups is 1. The molecule has 4 amide bonds. The number of nitrogens with one attached hydrogen (secondary N) is 1. The highest BCUT2D eigenvalue weighted by atomic mass is 16.2. The smallest absolute Gasteiger partial charge is 0.325 e. The summed E-state index contributed by atoms with van der Waals surface area (Å²) in [4.78, 5) is 41.4. The van der Waals surface area contributed by atoms with Gasteiger partial charge in [0.1, 0.15) is 12.1 Å². The topological polar surface area (TPSA) is 69.7 Å². The molecule has 0 saturated carbocycles. The number of hydrogen-bond donors (Lipinski definition) is 1. The van der Waals surface area contributed by atoms with E-state index < -0.39 is 11.6 Å². The molecule has 4 rings (SSSR count). The monoisotopic (exact) mass is 383 g/mol. The van der Waals surface area contributed by atoms with Gasteiger partial charge in [0.15, 0.2) is 0 Å². The van der Waals surface area contributed by atoms with Crippen molar-refractivity contribution in [3.63, 3.8) is 0 Å². The zero-order valence-electron chi connectivity index (χ0n) is 16.6. The molecule has 1 atom stereocenters. The molecule has 1 aromatic carbocycles. The number of benzene rings is 1. The van der Waals surface area contributed by atoms with Crippen LogP contribution >= 0.6 is 0 Å². The molecule has 2 heterocycles. The van der Waals surface area contributed by atoms with Gasteiger partial charge in [0.25, 0.3) is 5.91 Å². The fourth-order valence-electron chi connectivity index (χ4n) is 4.65.